The van der Waals surface area contributed by atoms with Crippen LogP contribution in [-0.2, 0) is 0 Å². The molecular formula is C22H26N2O3S. The zero-order valence-electron chi connectivity index (χ0n) is 16.0. The molecule has 4 rings (SSSR count). The Labute approximate surface area is 169 Å². The first kappa shape index (κ1) is 19.0. The van der Waals surface area contributed by atoms with E-state index in [-0.39, 0.29) is 11.8 Å². The Hall–Kier alpha value is -2.34. The van der Waals surface area contributed by atoms with Crippen molar-refractivity contribution in [3.05, 3.63) is 52.2 Å². The highest BCUT2D eigenvalue weighted by Crippen LogP contribution is 2.22. The van der Waals surface area contributed by atoms with Gasteiger partial charge in [-0.05, 0) is 61.4 Å². The fourth-order valence-electron chi connectivity index (χ4n) is 3.96. The third-order valence-electron chi connectivity index (χ3n) is 5.55. The van der Waals surface area contributed by atoms with Crippen LogP contribution in [0.2, 0.25) is 0 Å². The first-order valence-electron chi connectivity index (χ1n) is 10.0. The van der Waals surface area contributed by atoms with Gasteiger partial charge in [0.25, 0.3) is 11.8 Å². The Morgan fingerprint density at radius 2 is 1.64 bits per heavy atom. The second-order valence-corrected chi connectivity index (χ2v) is 8.39. The van der Waals surface area contributed by atoms with E-state index in [9.17, 15) is 9.59 Å². The van der Waals surface area contributed by atoms with Gasteiger partial charge in [-0.25, -0.2) is 0 Å². The minimum absolute atomic E-state index is 0.110. The lowest BCUT2D eigenvalue weighted by molar-refractivity contribution is 0.0634. The first-order valence-corrected chi connectivity index (χ1v) is 11.0. The summed E-state index contributed by atoms with van der Waals surface area (Å²) in [7, 11) is 0. The molecule has 5 nitrogen and oxygen atoms in total. The maximum absolute atomic E-state index is 12.5. The molecule has 28 heavy (non-hydrogen) atoms. The van der Waals surface area contributed by atoms with Crippen LogP contribution >= 0.6 is 11.3 Å². The van der Waals surface area contributed by atoms with E-state index in [1.54, 1.807) is 11.3 Å². The Balaban J connectivity index is 1.29. The summed E-state index contributed by atoms with van der Waals surface area (Å²) < 4.78 is 5.96. The topological polar surface area (TPSA) is 49.9 Å². The lowest BCUT2D eigenvalue weighted by atomic mass is 9.98. The Morgan fingerprint density at radius 1 is 0.929 bits per heavy atom. The number of nitrogens with zero attached hydrogens (tertiary/aromatic N) is 2. The number of carbonyl (C=O) groups excluding carboxylic acids is 2. The van der Waals surface area contributed by atoms with Gasteiger partial charge in [0.05, 0.1) is 12.2 Å². The van der Waals surface area contributed by atoms with Crippen molar-refractivity contribution in [2.24, 2.45) is 5.92 Å². The maximum Gasteiger partial charge on any atom is 0.254 e. The Kier molecular flexibility index (Phi) is 5.95. The molecule has 0 N–H and O–H groups in total. The Morgan fingerprint density at radius 3 is 2.36 bits per heavy atom. The van der Waals surface area contributed by atoms with Crippen LogP contribution in [0.5, 0.6) is 5.75 Å². The van der Waals surface area contributed by atoms with Crippen LogP contribution in [0.15, 0.2) is 41.1 Å². The fourth-order valence-corrected chi connectivity index (χ4v) is 4.59. The largest absolute Gasteiger partial charge is 0.493 e. The van der Waals surface area contributed by atoms with Crippen molar-refractivity contribution >= 4 is 23.2 Å². The molecule has 0 radical (unpaired) electrons. The number of rotatable bonds is 5. The van der Waals surface area contributed by atoms with E-state index in [1.807, 2.05) is 50.9 Å². The van der Waals surface area contributed by atoms with E-state index in [0.717, 1.165) is 68.7 Å². The average molecular weight is 399 g/mol. The van der Waals surface area contributed by atoms with E-state index < -0.39 is 0 Å². The van der Waals surface area contributed by atoms with Gasteiger partial charge < -0.3 is 14.5 Å². The van der Waals surface area contributed by atoms with E-state index in [1.165, 1.54) is 0 Å². The molecule has 1 aromatic carbocycles. The third-order valence-corrected chi connectivity index (χ3v) is 6.24. The van der Waals surface area contributed by atoms with Crippen LogP contribution in [-0.4, -0.2) is 54.4 Å². The second kappa shape index (κ2) is 8.78. The molecule has 2 aliphatic heterocycles. The van der Waals surface area contributed by atoms with Crippen LogP contribution in [0.4, 0.5) is 0 Å². The molecule has 1 aromatic heterocycles. The highest BCUT2D eigenvalue weighted by molar-refractivity contribution is 7.08. The molecule has 2 amide bonds. The van der Waals surface area contributed by atoms with E-state index in [4.69, 9.17) is 4.74 Å². The lowest BCUT2D eigenvalue weighted by Crippen LogP contribution is -2.41. The third kappa shape index (κ3) is 4.38. The number of thiophene rings is 1. The van der Waals surface area contributed by atoms with Crippen LogP contribution in [0.25, 0.3) is 0 Å². The molecule has 2 saturated heterocycles. The minimum Gasteiger partial charge on any atom is -0.493 e. The molecule has 0 aliphatic carbocycles. The zero-order chi connectivity index (χ0) is 19.3. The molecule has 0 unspecified atom stereocenters. The van der Waals surface area contributed by atoms with Gasteiger partial charge in [-0.3, -0.25) is 9.59 Å². The van der Waals surface area contributed by atoms with Gasteiger partial charge >= 0.3 is 0 Å². The average Bonchev–Trinajstić information content (AvgIpc) is 3.46. The molecule has 0 saturated carbocycles. The number of ether oxygens (including phenoxy) is 1. The minimum atomic E-state index is 0.110. The van der Waals surface area contributed by atoms with Crippen molar-refractivity contribution < 1.29 is 14.3 Å². The lowest BCUT2D eigenvalue weighted by Gasteiger charge is -2.32. The quantitative estimate of drug-likeness (QED) is 0.767. The Bertz CT molecular complexity index is 798. The van der Waals surface area contributed by atoms with Crippen LogP contribution in [0, 0.1) is 5.92 Å². The number of carbonyl (C=O) groups is 2. The van der Waals surface area contributed by atoms with E-state index in [0.29, 0.717) is 12.5 Å². The number of amides is 2. The number of hydrogen-bond acceptors (Lipinski definition) is 4. The number of benzene rings is 1. The van der Waals surface area contributed by atoms with Gasteiger partial charge in [-0.15, -0.1) is 0 Å². The summed E-state index contributed by atoms with van der Waals surface area (Å²) >= 11 is 1.55. The number of hydrogen-bond donors (Lipinski definition) is 0. The van der Waals surface area contributed by atoms with Crippen molar-refractivity contribution in [2.45, 2.75) is 25.7 Å². The normalized spacial score (nSPS) is 19.6. The van der Waals surface area contributed by atoms with Gasteiger partial charge in [0, 0.05) is 43.0 Å². The number of likely N-dealkylation sites (tertiary alicyclic amines) is 2. The van der Waals surface area contributed by atoms with E-state index in [2.05, 4.69) is 0 Å². The summed E-state index contributed by atoms with van der Waals surface area (Å²) in [5.41, 5.74) is 1.50. The summed E-state index contributed by atoms with van der Waals surface area (Å²) in [4.78, 5) is 28.8. The highest BCUT2D eigenvalue weighted by Gasteiger charge is 2.25. The molecule has 6 heteroatoms. The summed E-state index contributed by atoms with van der Waals surface area (Å²) in [6.45, 7) is 3.87. The molecule has 0 bridgehead atoms. The summed E-state index contributed by atoms with van der Waals surface area (Å²) in [5, 5.41) is 3.85. The molecule has 2 aromatic rings. The molecule has 148 valence electrons. The van der Waals surface area contributed by atoms with Gasteiger partial charge in [0.2, 0.25) is 0 Å². The highest BCUT2D eigenvalue weighted by atomic mass is 32.1. The second-order valence-electron chi connectivity index (χ2n) is 7.61. The monoisotopic (exact) mass is 398 g/mol. The molecule has 2 aliphatic rings. The summed E-state index contributed by atoms with van der Waals surface area (Å²) in [6, 6.07) is 9.34. The smallest absolute Gasteiger partial charge is 0.254 e. The number of piperidine rings is 1. The van der Waals surface area contributed by atoms with Crippen molar-refractivity contribution in [2.75, 3.05) is 32.8 Å². The van der Waals surface area contributed by atoms with Crippen LogP contribution in [0.3, 0.4) is 0 Å². The van der Waals surface area contributed by atoms with Gasteiger partial charge in [-0.2, -0.15) is 11.3 Å². The predicted octanol–water partition coefficient (Wildman–Crippen LogP) is 3.92. The molecule has 2 fully saturated rings. The first-order chi connectivity index (χ1) is 13.7. The standard InChI is InChI=1S/C22H26N2O3S/c25-21(23-10-1-2-11-23)18-5-7-20(8-6-18)27-15-17-4-3-12-24(14-17)22(26)19-9-13-28-16-19/h5-9,13,16-17H,1-4,10-12,14-15H2/t17-/m1/s1. The van der Waals surface area contributed by atoms with E-state index >= 15 is 0 Å². The van der Waals surface area contributed by atoms with Crippen molar-refractivity contribution in [3.63, 3.8) is 0 Å². The SMILES string of the molecule is O=C(c1ccc(OC[C@@H]2CCCN(C(=O)c3ccsc3)C2)cc1)N1CCCC1. The van der Waals surface area contributed by atoms with Gasteiger partial charge in [0.15, 0.2) is 0 Å². The fraction of sp³-hybridized carbons (Fsp3) is 0.455. The molecule has 3 heterocycles. The molecule has 0 spiro atoms. The van der Waals surface area contributed by atoms with Crippen LogP contribution < -0.4 is 4.74 Å². The summed E-state index contributed by atoms with van der Waals surface area (Å²) in [5.74, 6) is 1.34. The predicted molar refractivity (Wildman–Crippen MR) is 110 cm³/mol. The van der Waals surface area contributed by atoms with Crippen molar-refractivity contribution in [1.82, 2.24) is 9.80 Å². The van der Waals surface area contributed by atoms with Crippen molar-refractivity contribution in [3.8, 4) is 5.75 Å². The zero-order valence-corrected chi connectivity index (χ0v) is 16.8. The maximum atomic E-state index is 12.5. The molecule has 1 atom stereocenters. The van der Waals surface area contributed by atoms with Gasteiger partial charge in [0.1, 0.15) is 5.75 Å². The van der Waals surface area contributed by atoms with Gasteiger partial charge in [-0.1, -0.05) is 0 Å². The molecular weight excluding hydrogens is 372 g/mol. The summed E-state index contributed by atoms with van der Waals surface area (Å²) in [6.07, 6.45) is 4.27. The van der Waals surface area contributed by atoms with Crippen LogP contribution in [0.1, 0.15) is 46.4 Å². The van der Waals surface area contributed by atoms with Crippen molar-refractivity contribution in [1.29, 1.82) is 0 Å².